The number of nitrogens with one attached hydrogen (secondary N) is 2. The van der Waals surface area contributed by atoms with Crippen LogP contribution in [0.15, 0.2) is 0 Å². The van der Waals surface area contributed by atoms with Gasteiger partial charge in [0, 0.05) is 10.3 Å². The van der Waals surface area contributed by atoms with E-state index in [4.69, 9.17) is 5.11 Å². The van der Waals surface area contributed by atoms with Crippen molar-refractivity contribution in [1.82, 2.24) is 15.5 Å². The van der Waals surface area contributed by atoms with Gasteiger partial charge in [-0.25, -0.2) is 0 Å². The van der Waals surface area contributed by atoms with Crippen molar-refractivity contribution in [3.05, 3.63) is 0 Å². The van der Waals surface area contributed by atoms with E-state index in [1.807, 2.05) is 39.8 Å². The van der Waals surface area contributed by atoms with Crippen molar-refractivity contribution in [1.29, 1.82) is 0 Å². The van der Waals surface area contributed by atoms with Crippen LogP contribution in [0.4, 0.5) is 0 Å². The van der Waals surface area contributed by atoms with Crippen LogP contribution in [0.25, 0.3) is 0 Å². The molecule has 0 aromatic rings. The Morgan fingerprint density at radius 1 is 1.08 bits per heavy atom. The molecule has 146 valence electrons. The Hall–Kier alpha value is -0.900. The zero-order valence-electron chi connectivity index (χ0n) is 16.1. The van der Waals surface area contributed by atoms with Gasteiger partial charge in [-0.2, -0.15) is 0 Å². The van der Waals surface area contributed by atoms with Gasteiger partial charge in [0.2, 0.25) is 11.8 Å². The van der Waals surface area contributed by atoms with Crippen molar-refractivity contribution in [2.45, 2.75) is 52.6 Å². The lowest BCUT2D eigenvalue weighted by atomic mass is 9.85. The highest BCUT2D eigenvalue weighted by atomic mass is 127. The van der Waals surface area contributed by atoms with E-state index in [1.165, 1.54) is 6.92 Å². The first kappa shape index (κ1) is 24.1. The fraction of sp³-hybridized carbons (Fsp3) is 0.824. The summed E-state index contributed by atoms with van der Waals surface area (Å²) in [5.74, 6) is -1.91. The van der Waals surface area contributed by atoms with E-state index < -0.39 is 29.4 Å². The quantitative estimate of drug-likeness (QED) is 0.333. The van der Waals surface area contributed by atoms with Crippen LogP contribution in [0.2, 0.25) is 0 Å². The van der Waals surface area contributed by atoms with E-state index in [-0.39, 0.29) is 11.8 Å². The smallest absolute Gasteiger partial charge is 0.325 e. The van der Waals surface area contributed by atoms with Gasteiger partial charge < -0.3 is 20.6 Å². The fourth-order valence-corrected chi connectivity index (χ4v) is 3.00. The minimum atomic E-state index is -1.11. The maximum Gasteiger partial charge on any atom is 0.325 e. The molecule has 7 nitrogen and oxygen atoms in total. The summed E-state index contributed by atoms with van der Waals surface area (Å²) in [4.78, 5) is 38.2. The van der Waals surface area contributed by atoms with Gasteiger partial charge >= 0.3 is 5.97 Å². The Bertz CT molecular complexity index is 463. The van der Waals surface area contributed by atoms with Crippen LogP contribution in [0.5, 0.6) is 0 Å². The third kappa shape index (κ3) is 9.39. The monoisotopic (exact) mass is 469 g/mol. The first-order chi connectivity index (χ1) is 11.4. The number of nitrogens with zero attached hydrogens (tertiary/aromatic N) is 1. The Labute approximate surface area is 164 Å². The summed E-state index contributed by atoms with van der Waals surface area (Å²) in [7, 11) is 3.91. The average molecular weight is 469 g/mol. The van der Waals surface area contributed by atoms with Crippen LogP contribution >= 0.6 is 22.6 Å². The number of aliphatic carboxylic acids is 1. The average Bonchev–Trinajstić information content (AvgIpc) is 2.46. The highest BCUT2D eigenvalue weighted by Gasteiger charge is 2.35. The summed E-state index contributed by atoms with van der Waals surface area (Å²) in [5.41, 5.74) is -0.533. The molecule has 0 saturated heterocycles. The summed E-state index contributed by atoms with van der Waals surface area (Å²) in [6.45, 7) is 7.72. The molecule has 0 aromatic heterocycles. The molecule has 0 spiro atoms. The Morgan fingerprint density at radius 2 is 1.64 bits per heavy atom. The summed E-state index contributed by atoms with van der Waals surface area (Å²) in [6, 6.07) is -1.80. The molecule has 2 amide bonds. The van der Waals surface area contributed by atoms with Gasteiger partial charge in [0.05, 0.1) is 0 Å². The van der Waals surface area contributed by atoms with Gasteiger partial charge in [-0.15, -0.1) is 0 Å². The standard InChI is InChI=1S/C17H32IN3O4/c1-11(16(24)25)19-15(23)13(17(2,3)4)20-14(22)12(7-9-18)8-10-21(5)6/h11-13H,7-10H2,1-6H3,(H,19,23)(H,20,22)(H,24,25)/t11-,12?,13+/m0/s1. The van der Waals surface area contributed by atoms with Crippen molar-refractivity contribution < 1.29 is 19.5 Å². The van der Waals surface area contributed by atoms with Crippen LogP contribution in [0.3, 0.4) is 0 Å². The number of hydrogen-bond donors (Lipinski definition) is 3. The molecule has 0 saturated carbocycles. The molecule has 0 aliphatic carbocycles. The minimum Gasteiger partial charge on any atom is -0.480 e. The van der Waals surface area contributed by atoms with Gasteiger partial charge in [-0.1, -0.05) is 43.4 Å². The molecule has 3 N–H and O–H groups in total. The van der Waals surface area contributed by atoms with Crippen molar-refractivity contribution in [2.24, 2.45) is 11.3 Å². The molecule has 0 heterocycles. The highest BCUT2D eigenvalue weighted by molar-refractivity contribution is 14.1. The molecule has 0 bridgehead atoms. The third-order valence-corrected chi connectivity index (χ3v) is 4.52. The van der Waals surface area contributed by atoms with Gasteiger partial charge in [0.15, 0.2) is 0 Å². The normalized spacial score (nSPS) is 15.4. The summed E-state index contributed by atoms with van der Waals surface area (Å²) >= 11 is 2.24. The van der Waals surface area contributed by atoms with E-state index in [0.29, 0.717) is 6.42 Å². The predicted octanol–water partition coefficient (Wildman–Crippen LogP) is 1.50. The second kappa shape index (κ2) is 10.9. The Morgan fingerprint density at radius 3 is 2.04 bits per heavy atom. The summed E-state index contributed by atoms with van der Waals surface area (Å²) in [5, 5.41) is 14.3. The zero-order chi connectivity index (χ0) is 19.8. The predicted molar refractivity (Wildman–Crippen MR) is 107 cm³/mol. The topological polar surface area (TPSA) is 98.7 Å². The Kier molecular flexibility index (Phi) is 10.6. The summed E-state index contributed by atoms with van der Waals surface area (Å²) < 4.78 is 0.853. The number of carboxylic acid groups (broad SMARTS) is 1. The third-order valence-electron chi connectivity index (χ3n) is 3.90. The maximum absolute atomic E-state index is 12.7. The first-order valence-corrected chi connectivity index (χ1v) is 9.97. The number of hydrogen-bond acceptors (Lipinski definition) is 4. The SMILES string of the molecule is C[C@H](NC(=O)[C@@H](NC(=O)C(CCI)CCN(C)C)C(C)(C)C)C(=O)O. The molecular weight excluding hydrogens is 437 g/mol. The van der Waals surface area contributed by atoms with E-state index in [0.717, 1.165) is 17.4 Å². The van der Waals surface area contributed by atoms with Crippen molar-refractivity contribution in [3.8, 4) is 0 Å². The van der Waals surface area contributed by atoms with Crippen LogP contribution in [-0.4, -0.2) is 64.9 Å². The molecule has 0 rings (SSSR count). The molecule has 3 atom stereocenters. The van der Waals surface area contributed by atoms with E-state index in [9.17, 15) is 14.4 Å². The molecular formula is C17H32IN3O4. The molecule has 0 aromatic carbocycles. The molecule has 0 aliphatic heterocycles. The fourth-order valence-electron chi connectivity index (χ4n) is 2.25. The van der Waals surface area contributed by atoms with Crippen LogP contribution < -0.4 is 10.6 Å². The lowest BCUT2D eigenvalue weighted by molar-refractivity contribution is -0.142. The molecule has 8 heteroatoms. The summed E-state index contributed by atoms with van der Waals surface area (Å²) in [6.07, 6.45) is 1.45. The second-order valence-electron chi connectivity index (χ2n) is 7.64. The Balaban J connectivity index is 5.13. The number of carbonyl (C=O) groups is 3. The van der Waals surface area contributed by atoms with Crippen molar-refractivity contribution in [3.63, 3.8) is 0 Å². The number of alkyl halides is 1. The second-order valence-corrected chi connectivity index (χ2v) is 8.72. The van der Waals surface area contributed by atoms with Crippen molar-refractivity contribution in [2.75, 3.05) is 25.1 Å². The van der Waals surface area contributed by atoms with Crippen LogP contribution in [0.1, 0.15) is 40.5 Å². The molecule has 25 heavy (non-hydrogen) atoms. The maximum atomic E-state index is 12.7. The van der Waals surface area contributed by atoms with Crippen LogP contribution in [-0.2, 0) is 14.4 Å². The number of carboxylic acids is 1. The van der Waals surface area contributed by atoms with Gasteiger partial charge in [-0.05, 0) is 45.8 Å². The molecule has 0 aliphatic rings. The number of rotatable bonds is 10. The van der Waals surface area contributed by atoms with E-state index in [1.54, 1.807) is 0 Å². The largest absolute Gasteiger partial charge is 0.480 e. The molecule has 1 unspecified atom stereocenters. The highest BCUT2D eigenvalue weighted by Crippen LogP contribution is 2.21. The van der Waals surface area contributed by atoms with Gasteiger partial charge in [0.1, 0.15) is 12.1 Å². The van der Waals surface area contributed by atoms with Gasteiger partial charge in [-0.3, -0.25) is 14.4 Å². The van der Waals surface area contributed by atoms with Crippen LogP contribution in [0, 0.1) is 11.3 Å². The lowest BCUT2D eigenvalue weighted by Gasteiger charge is -2.32. The minimum absolute atomic E-state index is 0.156. The van der Waals surface area contributed by atoms with E-state index in [2.05, 4.69) is 33.2 Å². The number of carbonyl (C=O) groups excluding carboxylic acids is 2. The van der Waals surface area contributed by atoms with E-state index >= 15 is 0 Å². The molecule has 0 radical (unpaired) electrons. The zero-order valence-corrected chi connectivity index (χ0v) is 18.2. The van der Waals surface area contributed by atoms with Crippen molar-refractivity contribution >= 4 is 40.4 Å². The number of halogens is 1. The lowest BCUT2D eigenvalue weighted by Crippen LogP contribution is -2.57. The van der Waals surface area contributed by atoms with Gasteiger partial charge in [0.25, 0.3) is 0 Å². The number of amides is 2. The molecule has 0 fully saturated rings. The first-order valence-electron chi connectivity index (χ1n) is 8.44.